The molecule has 2 saturated heterocycles. The molecule has 1 aromatic rings. The number of nitrogens with zero attached hydrogens (tertiary/aromatic N) is 3. The second-order valence-corrected chi connectivity index (χ2v) is 5.67. The van der Waals surface area contributed by atoms with Crippen LogP contribution in [0.25, 0.3) is 0 Å². The van der Waals surface area contributed by atoms with E-state index in [9.17, 15) is 4.79 Å². The number of carbonyl (C=O) groups excluding carboxylic acids is 1. The van der Waals surface area contributed by atoms with Gasteiger partial charge in [0.1, 0.15) is 5.69 Å². The first-order valence-corrected chi connectivity index (χ1v) is 7.25. The van der Waals surface area contributed by atoms with Gasteiger partial charge in [-0.1, -0.05) is 13.3 Å². The maximum atomic E-state index is 12.7. The van der Waals surface area contributed by atoms with Crippen molar-refractivity contribution >= 4 is 5.91 Å². The van der Waals surface area contributed by atoms with Crippen LogP contribution < -0.4 is 5.32 Å². The number of likely N-dealkylation sites (tertiary alicyclic amines) is 1. The molecule has 0 aromatic carbocycles. The zero-order valence-electron chi connectivity index (χ0n) is 11.7. The zero-order chi connectivity index (χ0) is 13.4. The fourth-order valence-electron chi connectivity index (χ4n) is 3.35. The minimum Gasteiger partial charge on any atom is -0.333 e. The Morgan fingerprint density at radius 2 is 2.37 bits per heavy atom. The van der Waals surface area contributed by atoms with Crippen LogP contribution in [0.5, 0.6) is 0 Å². The third-order valence-electron chi connectivity index (χ3n) is 4.36. The Labute approximate surface area is 114 Å². The lowest BCUT2D eigenvalue weighted by Gasteiger charge is -2.23. The van der Waals surface area contributed by atoms with Crippen LogP contribution in [0.3, 0.4) is 0 Å². The summed E-state index contributed by atoms with van der Waals surface area (Å²) in [6.45, 7) is 5.02. The molecule has 104 valence electrons. The van der Waals surface area contributed by atoms with Gasteiger partial charge in [-0.3, -0.25) is 9.48 Å². The predicted molar refractivity (Wildman–Crippen MR) is 73.0 cm³/mol. The molecule has 0 spiro atoms. The van der Waals surface area contributed by atoms with Crippen molar-refractivity contribution in [3.05, 3.63) is 17.5 Å². The summed E-state index contributed by atoms with van der Waals surface area (Å²) in [6, 6.07) is 2.35. The second-order valence-electron chi connectivity index (χ2n) is 5.67. The molecule has 2 aliphatic rings. The minimum absolute atomic E-state index is 0.147. The highest BCUT2D eigenvalue weighted by Gasteiger charge is 2.40. The normalized spacial score (nSPS) is 25.9. The van der Waals surface area contributed by atoms with Crippen LogP contribution in [0.1, 0.15) is 35.9 Å². The summed E-state index contributed by atoms with van der Waals surface area (Å²) in [5, 5.41) is 7.82. The van der Waals surface area contributed by atoms with Crippen molar-refractivity contribution in [3.8, 4) is 0 Å². The van der Waals surface area contributed by atoms with Crippen molar-refractivity contribution in [1.29, 1.82) is 0 Å². The number of amides is 1. The van der Waals surface area contributed by atoms with Crippen molar-refractivity contribution in [1.82, 2.24) is 20.0 Å². The first-order chi connectivity index (χ1) is 9.20. The molecule has 2 fully saturated rings. The summed E-state index contributed by atoms with van der Waals surface area (Å²) in [5.74, 6) is 0.792. The number of aryl methyl sites for hydroxylation is 2. The van der Waals surface area contributed by atoms with Crippen LogP contribution in [-0.4, -0.2) is 46.3 Å². The summed E-state index contributed by atoms with van der Waals surface area (Å²) in [6.07, 6.45) is 3.13. The summed E-state index contributed by atoms with van der Waals surface area (Å²) in [5.41, 5.74) is 1.75. The first-order valence-electron chi connectivity index (χ1n) is 7.25. The molecule has 2 aliphatic heterocycles. The molecular weight excluding hydrogens is 240 g/mol. The maximum Gasteiger partial charge on any atom is 0.272 e. The van der Waals surface area contributed by atoms with Gasteiger partial charge in [0.05, 0.1) is 5.69 Å². The van der Waals surface area contributed by atoms with Gasteiger partial charge in [0, 0.05) is 32.7 Å². The van der Waals surface area contributed by atoms with Gasteiger partial charge in [-0.05, 0) is 24.8 Å². The fraction of sp³-hybridized carbons (Fsp3) is 0.714. The Morgan fingerprint density at radius 1 is 1.53 bits per heavy atom. The highest BCUT2D eigenvalue weighted by atomic mass is 16.2. The molecular formula is C14H22N4O. The Hall–Kier alpha value is -1.36. The number of hydrogen-bond acceptors (Lipinski definition) is 3. The molecule has 0 unspecified atom stereocenters. The molecule has 0 aliphatic carbocycles. The number of nitrogens with one attached hydrogen (secondary N) is 1. The first kappa shape index (κ1) is 12.7. The third kappa shape index (κ3) is 2.16. The molecule has 19 heavy (non-hydrogen) atoms. The van der Waals surface area contributed by atoms with E-state index in [1.54, 1.807) is 4.68 Å². The molecule has 2 atom stereocenters. The van der Waals surface area contributed by atoms with E-state index in [4.69, 9.17) is 0 Å². The van der Waals surface area contributed by atoms with Gasteiger partial charge in [0.25, 0.3) is 5.91 Å². The van der Waals surface area contributed by atoms with Crippen LogP contribution in [0, 0.1) is 5.92 Å². The number of aromatic nitrogens is 2. The lowest BCUT2D eigenvalue weighted by atomic mass is 10.1. The van der Waals surface area contributed by atoms with Crippen molar-refractivity contribution in [2.45, 2.75) is 32.2 Å². The average molecular weight is 262 g/mol. The van der Waals surface area contributed by atoms with E-state index in [-0.39, 0.29) is 5.91 Å². The van der Waals surface area contributed by atoms with Crippen LogP contribution >= 0.6 is 0 Å². The standard InChI is InChI=1S/C14H22N4O/c1-3-4-11-7-12(17(2)16-11)14(19)18-6-5-10-8-15-9-13(10)18/h7,10,13,15H,3-6,8-9H2,1-2H3/t10-,13+/m0/s1. The SMILES string of the molecule is CCCc1cc(C(=O)N2CC[C@H]3CNC[C@H]32)n(C)n1. The number of rotatable bonds is 3. The quantitative estimate of drug-likeness (QED) is 0.877. The van der Waals surface area contributed by atoms with E-state index in [0.717, 1.165) is 50.3 Å². The van der Waals surface area contributed by atoms with E-state index >= 15 is 0 Å². The van der Waals surface area contributed by atoms with E-state index < -0.39 is 0 Å². The average Bonchev–Trinajstić information content (AvgIpc) is 3.03. The lowest BCUT2D eigenvalue weighted by Crippen LogP contribution is -2.39. The maximum absolute atomic E-state index is 12.7. The largest absolute Gasteiger partial charge is 0.333 e. The number of fused-ring (bicyclic) bond motifs is 1. The molecule has 1 N–H and O–H groups in total. The zero-order valence-corrected chi connectivity index (χ0v) is 11.7. The molecule has 5 nitrogen and oxygen atoms in total. The highest BCUT2D eigenvalue weighted by molar-refractivity contribution is 5.93. The van der Waals surface area contributed by atoms with Crippen molar-refractivity contribution < 1.29 is 4.79 Å². The van der Waals surface area contributed by atoms with Crippen LogP contribution in [0.15, 0.2) is 6.07 Å². The molecule has 0 saturated carbocycles. The van der Waals surface area contributed by atoms with Crippen molar-refractivity contribution in [3.63, 3.8) is 0 Å². The Bertz CT molecular complexity index is 482. The highest BCUT2D eigenvalue weighted by Crippen LogP contribution is 2.28. The molecule has 1 aromatic heterocycles. The third-order valence-corrected chi connectivity index (χ3v) is 4.36. The Morgan fingerprint density at radius 3 is 3.16 bits per heavy atom. The van der Waals surface area contributed by atoms with Crippen molar-refractivity contribution in [2.24, 2.45) is 13.0 Å². The number of hydrogen-bond donors (Lipinski definition) is 1. The topological polar surface area (TPSA) is 50.2 Å². The molecule has 0 bridgehead atoms. The summed E-state index contributed by atoms with van der Waals surface area (Å²) in [7, 11) is 1.87. The predicted octanol–water partition coefficient (Wildman–Crippen LogP) is 0.806. The second kappa shape index (κ2) is 4.96. The van der Waals surface area contributed by atoms with Crippen LogP contribution in [0.2, 0.25) is 0 Å². The molecule has 3 rings (SSSR count). The van der Waals surface area contributed by atoms with Crippen molar-refractivity contribution in [2.75, 3.05) is 19.6 Å². The molecule has 1 amide bonds. The monoisotopic (exact) mass is 262 g/mol. The molecule has 3 heterocycles. The summed E-state index contributed by atoms with van der Waals surface area (Å²) >= 11 is 0. The van der Waals surface area contributed by atoms with E-state index in [1.165, 1.54) is 0 Å². The Kier molecular flexibility index (Phi) is 3.31. The lowest BCUT2D eigenvalue weighted by molar-refractivity contribution is 0.0726. The van der Waals surface area contributed by atoms with Gasteiger partial charge in [-0.25, -0.2) is 0 Å². The van der Waals surface area contributed by atoms with E-state index in [2.05, 4.69) is 17.3 Å². The van der Waals surface area contributed by atoms with E-state index in [1.807, 2.05) is 18.0 Å². The van der Waals surface area contributed by atoms with Gasteiger partial charge in [-0.15, -0.1) is 0 Å². The molecule has 0 radical (unpaired) electrons. The summed E-state index contributed by atoms with van der Waals surface area (Å²) < 4.78 is 1.74. The van der Waals surface area contributed by atoms with Gasteiger partial charge >= 0.3 is 0 Å². The van der Waals surface area contributed by atoms with Gasteiger partial charge < -0.3 is 10.2 Å². The summed E-state index contributed by atoms with van der Waals surface area (Å²) in [4.78, 5) is 14.7. The Balaban J connectivity index is 1.80. The van der Waals surface area contributed by atoms with Crippen LogP contribution in [-0.2, 0) is 13.5 Å². The van der Waals surface area contributed by atoms with Gasteiger partial charge in [0.2, 0.25) is 0 Å². The minimum atomic E-state index is 0.147. The smallest absolute Gasteiger partial charge is 0.272 e. The fourth-order valence-corrected chi connectivity index (χ4v) is 3.35. The van der Waals surface area contributed by atoms with E-state index in [0.29, 0.717) is 12.0 Å². The van der Waals surface area contributed by atoms with Crippen LogP contribution in [0.4, 0.5) is 0 Å². The van der Waals surface area contributed by atoms with Gasteiger partial charge in [0.15, 0.2) is 0 Å². The van der Waals surface area contributed by atoms with Gasteiger partial charge in [-0.2, -0.15) is 5.10 Å². The molecule has 5 heteroatoms. The number of carbonyl (C=O) groups is 1.